The molecule has 0 aliphatic rings. The van der Waals surface area contributed by atoms with Gasteiger partial charge in [-0.15, -0.1) is 0 Å². The summed E-state index contributed by atoms with van der Waals surface area (Å²) in [5.74, 6) is -0.203. The summed E-state index contributed by atoms with van der Waals surface area (Å²) in [4.78, 5) is 14.1. The van der Waals surface area contributed by atoms with Crippen molar-refractivity contribution in [2.45, 2.75) is 32.9 Å². The monoisotopic (exact) mass is 253 g/mol. The van der Waals surface area contributed by atoms with Gasteiger partial charge in [-0.25, -0.2) is 0 Å². The molecule has 6 heteroatoms. The maximum Gasteiger partial charge on any atom is 0.274 e. The number of carbonyl (C=O) groups excluding carboxylic acids is 1. The number of nitrogens with two attached hydrogens (primary N) is 1. The van der Waals surface area contributed by atoms with Crippen LogP contribution in [-0.2, 0) is 6.54 Å². The average Bonchev–Trinajstić information content (AvgIpc) is 2.68. The van der Waals surface area contributed by atoms with Crippen molar-refractivity contribution in [1.82, 2.24) is 20.0 Å². The van der Waals surface area contributed by atoms with E-state index in [-0.39, 0.29) is 11.9 Å². The number of amides is 1. The molecule has 0 bridgehead atoms. The molecular weight excluding hydrogens is 230 g/mol. The van der Waals surface area contributed by atoms with E-state index in [0.717, 1.165) is 13.0 Å². The van der Waals surface area contributed by atoms with E-state index >= 15 is 0 Å². The summed E-state index contributed by atoms with van der Waals surface area (Å²) in [6.45, 7) is 5.57. The molecule has 0 fully saturated rings. The first-order valence-corrected chi connectivity index (χ1v) is 6.22. The third-order valence-electron chi connectivity index (χ3n) is 2.72. The van der Waals surface area contributed by atoms with E-state index < -0.39 is 0 Å². The van der Waals surface area contributed by atoms with Crippen molar-refractivity contribution in [3.8, 4) is 0 Å². The number of hydrogen-bond acceptors (Lipinski definition) is 4. The number of rotatable bonds is 6. The Bertz CT molecular complexity index is 399. The molecule has 0 spiro atoms. The zero-order valence-corrected chi connectivity index (χ0v) is 11.6. The first kappa shape index (κ1) is 14.5. The van der Waals surface area contributed by atoms with Crippen molar-refractivity contribution in [2.75, 3.05) is 26.4 Å². The highest BCUT2D eigenvalue weighted by atomic mass is 16.2. The van der Waals surface area contributed by atoms with Crippen molar-refractivity contribution in [1.29, 1.82) is 0 Å². The molecule has 0 aliphatic carbocycles. The highest BCUT2D eigenvalue weighted by Gasteiger charge is 2.16. The number of anilines is 1. The van der Waals surface area contributed by atoms with Crippen LogP contribution in [0.2, 0.25) is 0 Å². The molecule has 0 aromatic carbocycles. The van der Waals surface area contributed by atoms with Crippen molar-refractivity contribution in [3.05, 3.63) is 11.9 Å². The van der Waals surface area contributed by atoms with Gasteiger partial charge in [0.1, 0.15) is 0 Å². The topological polar surface area (TPSA) is 76.2 Å². The fraction of sp³-hybridized carbons (Fsp3) is 0.667. The molecule has 6 nitrogen and oxygen atoms in total. The molecule has 102 valence electrons. The Hall–Kier alpha value is -1.56. The van der Waals surface area contributed by atoms with Gasteiger partial charge in [0.05, 0.1) is 5.69 Å². The lowest BCUT2D eigenvalue weighted by Gasteiger charge is -2.16. The van der Waals surface area contributed by atoms with Gasteiger partial charge in [0, 0.05) is 18.8 Å². The summed E-state index contributed by atoms with van der Waals surface area (Å²) < 4.78 is 1.66. The second-order valence-corrected chi connectivity index (χ2v) is 4.76. The molecule has 1 amide bonds. The van der Waals surface area contributed by atoms with E-state index in [2.05, 4.69) is 15.3 Å². The normalized spacial score (nSPS) is 12.7. The van der Waals surface area contributed by atoms with Gasteiger partial charge in [-0.3, -0.25) is 9.48 Å². The molecule has 0 saturated carbocycles. The van der Waals surface area contributed by atoms with Crippen LogP contribution in [0.4, 0.5) is 5.69 Å². The van der Waals surface area contributed by atoms with Crippen molar-refractivity contribution < 1.29 is 4.79 Å². The number of aromatic nitrogens is 2. The van der Waals surface area contributed by atoms with Crippen LogP contribution < -0.4 is 11.1 Å². The van der Waals surface area contributed by atoms with E-state index in [1.54, 1.807) is 10.9 Å². The summed E-state index contributed by atoms with van der Waals surface area (Å²) in [6.07, 6.45) is 2.58. The zero-order valence-electron chi connectivity index (χ0n) is 11.6. The zero-order chi connectivity index (χ0) is 13.7. The average molecular weight is 253 g/mol. The Balaban J connectivity index is 2.56. The molecule has 0 saturated heterocycles. The minimum atomic E-state index is -0.203. The Kier molecular flexibility index (Phi) is 5.15. The standard InChI is InChI=1S/C12H23N5O/c1-5-17-8-10(13)11(15-17)12(18)14-9(2)6-7-16(3)4/h8-9H,5-7,13H2,1-4H3,(H,14,18). The van der Waals surface area contributed by atoms with E-state index in [1.165, 1.54) is 0 Å². The Morgan fingerprint density at radius 2 is 2.28 bits per heavy atom. The second-order valence-electron chi connectivity index (χ2n) is 4.76. The first-order valence-electron chi connectivity index (χ1n) is 6.22. The molecule has 1 rings (SSSR count). The maximum atomic E-state index is 12.0. The minimum absolute atomic E-state index is 0.103. The highest BCUT2D eigenvalue weighted by Crippen LogP contribution is 2.09. The number of nitrogens with one attached hydrogen (secondary N) is 1. The van der Waals surface area contributed by atoms with Gasteiger partial charge < -0.3 is 16.0 Å². The van der Waals surface area contributed by atoms with Crippen LogP contribution in [0.3, 0.4) is 0 Å². The van der Waals surface area contributed by atoms with Gasteiger partial charge in [-0.2, -0.15) is 5.10 Å². The predicted octanol–water partition coefficient (Wildman–Crippen LogP) is 0.555. The van der Waals surface area contributed by atoms with Crippen LogP contribution in [0, 0.1) is 0 Å². The highest BCUT2D eigenvalue weighted by molar-refractivity contribution is 5.97. The molecule has 0 aliphatic heterocycles. The molecule has 1 aromatic heterocycles. The Morgan fingerprint density at radius 3 is 2.78 bits per heavy atom. The molecule has 1 atom stereocenters. The molecule has 18 heavy (non-hydrogen) atoms. The number of carbonyl (C=O) groups is 1. The van der Waals surface area contributed by atoms with Gasteiger partial charge in [0.2, 0.25) is 0 Å². The largest absolute Gasteiger partial charge is 0.396 e. The first-order chi connectivity index (χ1) is 8.43. The fourth-order valence-electron chi connectivity index (χ4n) is 1.59. The second kappa shape index (κ2) is 6.39. The molecular formula is C12H23N5O. The van der Waals surface area contributed by atoms with Crippen LogP contribution in [0.5, 0.6) is 0 Å². The summed E-state index contributed by atoms with van der Waals surface area (Å²) in [6, 6.07) is 0.103. The van der Waals surface area contributed by atoms with E-state index in [9.17, 15) is 4.79 Å². The van der Waals surface area contributed by atoms with E-state index in [1.807, 2.05) is 27.9 Å². The van der Waals surface area contributed by atoms with Gasteiger partial charge in [0.25, 0.3) is 5.91 Å². The third kappa shape index (κ3) is 4.03. The van der Waals surface area contributed by atoms with Crippen LogP contribution in [-0.4, -0.2) is 47.3 Å². The van der Waals surface area contributed by atoms with Gasteiger partial charge in [-0.1, -0.05) is 0 Å². The maximum absolute atomic E-state index is 12.0. The SMILES string of the molecule is CCn1cc(N)c(C(=O)NC(C)CCN(C)C)n1. The van der Waals surface area contributed by atoms with Crippen LogP contribution in [0.1, 0.15) is 30.8 Å². The van der Waals surface area contributed by atoms with Crippen LogP contribution in [0.15, 0.2) is 6.20 Å². The smallest absolute Gasteiger partial charge is 0.274 e. The summed E-state index contributed by atoms with van der Waals surface area (Å²) in [7, 11) is 4.02. The quantitative estimate of drug-likeness (QED) is 0.776. The van der Waals surface area contributed by atoms with Crippen molar-refractivity contribution >= 4 is 11.6 Å². The summed E-state index contributed by atoms with van der Waals surface area (Å²) in [5, 5.41) is 7.05. The van der Waals surface area contributed by atoms with E-state index in [4.69, 9.17) is 5.73 Å². The summed E-state index contributed by atoms with van der Waals surface area (Å²) in [5.41, 5.74) is 6.50. The van der Waals surface area contributed by atoms with Gasteiger partial charge >= 0.3 is 0 Å². The molecule has 1 aromatic rings. The number of aryl methyl sites for hydroxylation is 1. The number of nitrogen functional groups attached to an aromatic ring is 1. The number of nitrogens with zero attached hydrogens (tertiary/aromatic N) is 3. The Labute approximate surface area is 108 Å². The van der Waals surface area contributed by atoms with Gasteiger partial charge in [-0.05, 0) is 40.9 Å². The lowest BCUT2D eigenvalue weighted by Crippen LogP contribution is -2.35. The third-order valence-corrected chi connectivity index (χ3v) is 2.72. The summed E-state index contributed by atoms with van der Waals surface area (Å²) >= 11 is 0. The van der Waals surface area contributed by atoms with Crippen LogP contribution in [0.25, 0.3) is 0 Å². The van der Waals surface area contributed by atoms with Crippen LogP contribution >= 0.6 is 0 Å². The van der Waals surface area contributed by atoms with Crippen molar-refractivity contribution in [2.24, 2.45) is 0 Å². The minimum Gasteiger partial charge on any atom is -0.396 e. The number of hydrogen-bond donors (Lipinski definition) is 2. The van der Waals surface area contributed by atoms with Crippen molar-refractivity contribution in [3.63, 3.8) is 0 Å². The lowest BCUT2D eigenvalue weighted by atomic mass is 10.2. The predicted molar refractivity (Wildman–Crippen MR) is 72.4 cm³/mol. The van der Waals surface area contributed by atoms with E-state index in [0.29, 0.717) is 17.9 Å². The lowest BCUT2D eigenvalue weighted by molar-refractivity contribution is 0.0932. The molecule has 3 N–H and O–H groups in total. The molecule has 1 heterocycles. The molecule has 0 radical (unpaired) electrons. The Morgan fingerprint density at radius 1 is 1.61 bits per heavy atom. The fourth-order valence-corrected chi connectivity index (χ4v) is 1.59. The van der Waals surface area contributed by atoms with Gasteiger partial charge in [0.15, 0.2) is 5.69 Å². The molecule has 1 unspecified atom stereocenters.